The number of benzene rings is 2. The number of allylic oxidation sites excluding steroid dienone is 1. The Labute approximate surface area is 199 Å². The summed E-state index contributed by atoms with van der Waals surface area (Å²) in [6.07, 6.45) is 7.00. The number of carboxylic acids is 1. The zero-order valence-corrected chi connectivity index (χ0v) is 19.6. The third kappa shape index (κ3) is 8.24. The minimum absolute atomic E-state index is 0.208. The topological polar surface area (TPSA) is 91.8 Å². The molecule has 0 aliphatic rings. The summed E-state index contributed by atoms with van der Waals surface area (Å²) in [5.41, 5.74) is 6.31. The maximum atomic E-state index is 10.5. The van der Waals surface area contributed by atoms with Gasteiger partial charge in [0.2, 0.25) is 0 Å². The maximum absolute atomic E-state index is 10.5. The van der Waals surface area contributed by atoms with Crippen molar-refractivity contribution in [2.45, 2.75) is 39.2 Å². The Kier molecular flexibility index (Phi) is 9.28. The molecule has 0 aliphatic heterocycles. The fraction of sp³-hybridized carbons (Fsp3) is 0.308. The number of aromatic nitrogens is 3. The molecule has 6 nitrogen and oxygen atoms in total. The van der Waals surface area contributed by atoms with Crippen molar-refractivity contribution in [3.63, 3.8) is 0 Å². The highest BCUT2D eigenvalue weighted by Gasteiger charge is 2.04. The fourth-order valence-electron chi connectivity index (χ4n) is 3.30. The van der Waals surface area contributed by atoms with Gasteiger partial charge >= 0.3 is 5.97 Å². The largest absolute Gasteiger partial charge is 0.481 e. The van der Waals surface area contributed by atoms with E-state index < -0.39 is 5.97 Å². The van der Waals surface area contributed by atoms with Gasteiger partial charge in [-0.1, -0.05) is 53.3 Å². The van der Waals surface area contributed by atoms with Gasteiger partial charge in [-0.05, 0) is 55.0 Å². The van der Waals surface area contributed by atoms with E-state index in [1.54, 1.807) is 11.8 Å². The molecule has 0 radical (unpaired) electrons. The lowest BCUT2D eigenvalue weighted by molar-refractivity contribution is -0.136. The third-order valence-electron chi connectivity index (χ3n) is 5.28. The molecule has 0 atom stereocenters. The standard InChI is InChI=1S/C26H28N4O2S/c1-20(12-15-33-16-13-26(31)32)11-14-30-19-25(28-29-30)10-7-21-5-8-23(9-6-21)24-4-2-3-22(17-24)18-27/h2-6,8-9,12,17,19H,7,10-11,13-16H2,1H3,(H,31,32)/b20-12+. The SMILES string of the molecule is C/C(=C\CSCCC(=O)O)CCn1cc(CCc2ccc(-c3cccc(C#N)c3)cc2)nn1. The molecule has 0 aliphatic carbocycles. The van der Waals surface area contributed by atoms with Crippen molar-refractivity contribution in [1.29, 1.82) is 5.26 Å². The minimum Gasteiger partial charge on any atom is -0.481 e. The first-order valence-corrected chi connectivity index (χ1v) is 12.1. The average Bonchev–Trinajstić information content (AvgIpc) is 3.29. The normalized spacial score (nSPS) is 11.3. The molecule has 33 heavy (non-hydrogen) atoms. The summed E-state index contributed by atoms with van der Waals surface area (Å²) in [6, 6.07) is 18.3. The van der Waals surface area contributed by atoms with Gasteiger partial charge in [-0.2, -0.15) is 17.0 Å². The highest BCUT2D eigenvalue weighted by atomic mass is 32.2. The number of carbonyl (C=O) groups is 1. The molecule has 0 spiro atoms. The Hall–Kier alpha value is -3.37. The van der Waals surface area contributed by atoms with Crippen LogP contribution in [0.4, 0.5) is 0 Å². The number of nitriles is 1. The number of carboxylic acid groups (broad SMARTS) is 1. The second kappa shape index (κ2) is 12.6. The summed E-state index contributed by atoms with van der Waals surface area (Å²) in [6.45, 7) is 2.88. The lowest BCUT2D eigenvalue weighted by atomic mass is 10.0. The highest BCUT2D eigenvalue weighted by molar-refractivity contribution is 7.99. The molecule has 0 fully saturated rings. The molecule has 0 amide bonds. The third-order valence-corrected chi connectivity index (χ3v) is 6.18. The van der Waals surface area contributed by atoms with E-state index in [1.165, 1.54) is 11.1 Å². The molecule has 3 rings (SSSR count). The van der Waals surface area contributed by atoms with Crippen molar-refractivity contribution in [3.05, 3.63) is 83.2 Å². The first kappa shape index (κ1) is 24.3. The van der Waals surface area contributed by atoms with Gasteiger partial charge in [0.1, 0.15) is 0 Å². The van der Waals surface area contributed by atoms with Crippen molar-refractivity contribution in [3.8, 4) is 17.2 Å². The van der Waals surface area contributed by atoms with Gasteiger partial charge in [0.15, 0.2) is 0 Å². The molecule has 2 aromatic carbocycles. The Morgan fingerprint density at radius 2 is 1.97 bits per heavy atom. The zero-order chi connectivity index (χ0) is 23.5. The van der Waals surface area contributed by atoms with E-state index >= 15 is 0 Å². The Bertz CT molecular complexity index is 1130. The lowest BCUT2D eigenvalue weighted by Crippen LogP contribution is -1.99. The van der Waals surface area contributed by atoms with Crippen molar-refractivity contribution >= 4 is 17.7 Å². The van der Waals surface area contributed by atoms with Gasteiger partial charge in [0, 0.05) is 24.2 Å². The van der Waals surface area contributed by atoms with Crippen molar-refractivity contribution in [2.75, 3.05) is 11.5 Å². The zero-order valence-electron chi connectivity index (χ0n) is 18.8. The summed E-state index contributed by atoms with van der Waals surface area (Å²) in [5, 5.41) is 26.3. The van der Waals surface area contributed by atoms with Gasteiger partial charge in [-0.15, -0.1) is 5.10 Å². The minimum atomic E-state index is -0.746. The first-order chi connectivity index (χ1) is 16.0. The number of hydrogen-bond donors (Lipinski definition) is 1. The lowest BCUT2D eigenvalue weighted by Gasteiger charge is -2.04. The van der Waals surface area contributed by atoms with Gasteiger partial charge in [0.25, 0.3) is 0 Å². The van der Waals surface area contributed by atoms with Crippen molar-refractivity contribution in [1.82, 2.24) is 15.0 Å². The van der Waals surface area contributed by atoms with Crippen LogP contribution in [0.5, 0.6) is 0 Å². The molecule has 1 N–H and O–H groups in total. The summed E-state index contributed by atoms with van der Waals surface area (Å²) in [4.78, 5) is 10.5. The Balaban J connectivity index is 1.43. The van der Waals surface area contributed by atoms with Gasteiger partial charge in [-0.3, -0.25) is 9.48 Å². The van der Waals surface area contributed by atoms with Crippen LogP contribution in [-0.4, -0.2) is 37.6 Å². The molecule has 1 heterocycles. The summed E-state index contributed by atoms with van der Waals surface area (Å²) < 4.78 is 1.88. The number of aliphatic carboxylic acids is 1. The van der Waals surface area contributed by atoms with Crippen LogP contribution < -0.4 is 0 Å². The average molecular weight is 461 g/mol. The van der Waals surface area contributed by atoms with Crippen LogP contribution in [0.2, 0.25) is 0 Å². The highest BCUT2D eigenvalue weighted by Crippen LogP contribution is 2.21. The molecule has 0 bridgehead atoms. The molecule has 1 aromatic heterocycles. The van der Waals surface area contributed by atoms with E-state index in [0.717, 1.165) is 48.4 Å². The number of rotatable bonds is 12. The molecule has 0 saturated carbocycles. The van der Waals surface area contributed by atoms with Crippen LogP contribution in [0.15, 0.2) is 66.4 Å². The van der Waals surface area contributed by atoms with Gasteiger partial charge in [0.05, 0.1) is 23.7 Å². The predicted molar refractivity (Wildman–Crippen MR) is 132 cm³/mol. The van der Waals surface area contributed by atoms with E-state index in [2.05, 4.69) is 53.6 Å². The Morgan fingerprint density at radius 1 is 1.15 bits per heavy atom. The molecular formula is C26H28N4O2S. The second-order valence-corrected chi connectivity index (χ2v) is 9.03. The molecular weight excluding hydrogens is 432 g/mol. The fourth-order valence-corrected chi connectivity index (χ4v) is 4.19. The van der Waals surface area contributed by atoms with E-state index in [0.29, 0.717) is 11.3 Å². The van der Waals surface area contributed by atoms with Crippen molar-refractivity contribution in [2.24, 2.45) is 0 Å². The molecule has 7 heteroatoms. The van der Waals surface area contributed by atoms with E-state index in [1.807, 2.05) is 35.1 Å². The number of aryl methyl sites for hydroxylation is 3. The monoisotopic (exact) mass is 460 g/mol. The van der Waals surface area contributed by atoms with Crippen molar-refractivity contribution < 1.29 is 9.90 Å². The molecule has 170 valence electrons. The van der Waals surface area contributed by atoms with Gasteiger partial charge < -0.3 is 5.11 Å². The molecule has 0 saturated heterocycles. The summed E-state index contributed by atoms with van der Waals surface area (Å²) in [7, 11) is 0. The maximum Gasteiger partial charge on any atom is 0.304 e. The van der Waals surface area contributed by atoms with E-state index in [9.17, 15) is 4.79 Å². The Morgan fingerprint density at radius 3 is 2.73 bits per heavy atom. The van der Waals surface area contributed by atoms with Crippen LogP contribution in [0, 0.1) is 11.3 Å². The molecule has 3 aromatic rings. The second-order valence-electron chi connectivity index (χ2n) is 7.88. The van der Waals surface area contributed by atoms with Crippen LogP contribution in [-0.2, 0) is 24.2 Å². The van der Waals surface area contributed by atoms with Crippen LogP contribution in [0.25, 0.3) is 11.1 Å². The first-order valence-electron chi connectivity index (χ1n) is 11.0. The predicted octanol–water partition coefficient (Wildman–Crippen LogP) is 5.15. The smallest absolute Gasteiger partial charge is 0.304 e. The summed E-state index contributed by atoms with van der Waals surface area (Å²) >= 11 is 1.64. The van der Waals surface area contributed by atoms with Crippen LogP contribution in [0.1, 0.15) is 36.6 Å². The summed E-state index contributed by atoms with van der Waals surface area (Å²) in [5.74, 6) is 0.733. The van der Waals surface area contributed by atoms with E-state index in [-0.39, 0.29) is 6.42 Å². The number of thioether (sulfide) groups is 1. The quantitative estimate of drug-likeness (QED) is 0.297. The van der Waals surface area contributed by atoms with Crippen LogP contribution >= 0.6 is 11.8 Å². The number of hydrogen-bond acceptors (Lipinski definition) is 5. The molecule has 0 unspecified atom stereocenters. The van der Waals surface area contributed by atoms with Gasteiger partial charge in [-0.25, -0.2) is 0 Å². The van der Waals surface area contributed by atoms with Crippen LogP contribution in [0.3, 0.4) is 0 Å². The van der Waals surface area contributed by atoms with E-state index in [4.69, 9.17) is 10.4 Å². The number of nitrogens with zero attached hydrogens (tertiary/aromatic N) is 4.